The average molecular weight is 591 g/mol. The van der Waals surface area contributed by atoms with Gasteiger partial charge in [0.05, 0.1) is 6.10 Å². The quantitative estimate of drug-likeness (QED) is 0.288. The summed E-state index contributed by atoms with van der Waals surface area (Å²) in [5.74, 6) is -1.89. The number of carbonyl (C=O) groups is 4. The fraction of sp³-hybridized carbons (Fsp3) is 0.467. The molecule has 222 valence electrons. The fourth-order valence-electron chi connectivity index (χ4n) is 4.58. The van der Waals surface area contributed by atoms with Crippen LogP contribution >= 0.6 is 11.6 Å². The van der Waals surface area contributed by atoms with Crippen molar-refractivity contribution in [1.82, 2.24) is 0 Å². The van der Waals surface area contributed by atoms with Gasteiger partial charge in [0, 0.05) is 32.7 Å². The van der Waals surface area contributed by atoms with E-state index in [0.717, 1.165) is 16.9 Å². The van der Waals surface area contributed by atoms with E-state index in [1.807, 2.05) is 44.2 Å². The molecule has 0 amide bonds. The van der Waals surface area contributed by atoms with Crippen LogP contribution in [0.4, 0.5) is 0 Å². The van der Waals surface area contributed by atoms with Crippen molar-refractivity contribution in [2.45, 2.75) is 84.6 Å². The molecule has 1 saturated heterocycles. The molecule has 1 aliphatic rings. The molecule has 1 unspecified atom stereocenters. The van der Waals surface area contributed by atoms with Crippen LogP contribution in [0, 0.1) is 0 Å². The van der Waals surface area contributed by atoms with E-state index in [4.69, 9.17) is 40.0 Å². The van der Waals surface area contributed by atoms with Gasteiger partial charge >= 0.3 is 23.9 Å². The molecule has 0 aromatic heterocycles. The Morgan fingerprint density at radius 1 is 0.805 bits per heavy atom. The van der Waals surface area contributed by atoms with Crippen molar-refractivity contribution in [1.29, 1.82) is 0 Å². The summed E-state index contributed by atoms with van der Waals surface area (Å²) in [5.41, 5.74) is 2.29. The predicted molar refractivity (Wildman–Crippen MR) is 147 cm³/mol. The van der Waals surface area contributed by atoms with Crippen LogP contribution in [0.3, 0.4) is 0 Å². The summed E-state index contributed by atoms with van der Waals surface area (Å²) in [7, 11) is 0. The highest BCUT2D eigenvalue weighted by atomic mass is 35.5. The molecule has 0 bridgehead atoms. The molecule has 0 saturated carbocycles. The molecule has 0 spiro atoms. The van der Waals surface area contributed by atoms with Gasteiger partial charge in [-0.25, -0.2) is 0 Å². The van der Waals surface area contributed by atoms with E-state index < -0.39 is 54.4 Å². The van der Waals surface area contributed by atoms with E-state index in [9.17, 15) is 19.2 Å². The summed E-state index contributed by atoms with van der Waals surface area (Å²) in [4.78, 5) is 47.9. The van der Waals surface area contributed by atoms with Gasteiger partial charge in [-0.3, -0.25) is 19.2 Å². The zero-order chi connectivity index (χ0) is 30.3. The zero-order valence-corrected chi connectivity index (χ0v) is 24.6. The summed E-state index contributed by atoms with van der Waals surface area (Å²) in [6, 6.07) is 12.8. The maximum atomic E-state index is 12.2. The second-order valence-electron chi connectivity index (χ2n) is 9.96. The number of hydrogen-bond donors (Lipinski definition) is 0. The van der Waals surface area contributed by atoms with Crippen LogP contribution in [0.5, 0.6) is 5.75 Å². The molecule has 2 aromatic rings. The van der Waals surface area contributed by atoms with Crippen molar-refractivity contribution in [2.24, 2.45) is 0 Å². The molecular formula is C30H35ClO10. The number of carbonyl (C=O) groups excluding carboxylic acids is 4. The van der Waals surface area contributed by atoms with Crippen molar-refractivity contribution in [3.63, 3.8) is 0 Å². The van der Waals surface area contributed by atoms with Crippen LogP contribution in [0.1, 0.15) is 64.3 Å². The minimum atomic E-state index is -1.26. The third kappa shape index (κ3) is 9.19. The Kier molecular flexibility index (Phi) is 11.1. The molecule has 1 fully saturated rings. The van der Waals surface area contributed by atoms with Crippen LogP contribution < -0.4 is 4.74 Å². The van der Waals surface area contributed by atoms with E-state index in [0.29, 0.717) is 17.0 Å². The molecule has 3 rings (SSSR count). The highest BCUT2D eigenvalue weighted by Crippen LogP contribution is 2.39. The third-order valence-corrected chi connectivity index (χ3v) is 6.45. The van der Waals surface area contributed by atoms with E-state index in [1.54, 1.807) is 12.1 Å². The summed E-state index contributed by atoms with van der Waals surface area (Å²) in [6.07, 6.45) is -5.20. The number of ether oxygens (including phenoxy) is 6. The van der Waals surface area contributed by atoms with Crippen molar-refractivity contribution >= 4 is 35.5 Å². The van der Waals surface area contributed by atoms with Gasteiger partial charge in [-0.2, -0.15) is 0 Å². The highest BCUT2D eigenvalue weighted by Gasteiger charge is 2.52. The Bertz CT molecular complexity index is 1240. The maximum absolute atomic E-state index is 12.2. The molecule has 0 aliphatic carbocycles. The summed E-state index contributed by atoms with van der Waals surface area (Å²) < 4.78 is 33.8. The second kappa shape index (κ2) is 14.3. The monoisotopic (exact) mass is 590 g/mol. The highest BCUT2D eigenvalue weighted by molar-refractivity contribution is 6.31. The zero-order valence-electron chi connectivity index (χ0n) is 23.9. The van der Waals surface area contributed by atoms with Crippen LogP contribution in [0.2, 0.25) is 5.02 Å². The molecular weight excluding hydrogens is 556 g/mol. The summed E-state index contributed by atoms with van der Waals surface area (Å²) in [6.45, 7) is 8.37. The second-order valence-corrected chi connectivity index (χ2v) is 10.4. The first-order chi connectivity index (χ1) is 19.3. The SMILES string of the molecule is CC(=O)OC[C@H]1O[C@@H](c2ccc(Cl)c(Cc3ccc(OC(C)C)cc3)c2)[C@H](OC(C)=O)C(OC(C)=O)[C@@H]1OC(C)=O. The van der Waals surface area contributed by atoms with Gasteiger partial charge in [-0.1, -0.05) is 35.9 Å². The lowest BCUT2D eigenvalue weighted by molar-refractivity contribution is -0.254. The number of halogens is 1. The Morgan fingerprint density at radius 3 is 1.95 bits per heavy atom. The van der Waals surface area contributed by atoms with Gasteiger partial charge in [-0.05, 0) is 55.2 Å². The van der Waals surface area contributed by atoms with Crippen LogP contribution in [0.25, 0.3) is 0 Å². The summed E-state index contributed by atoms with van der Waals surface area (Å²) in [5, 5.41) is 0.502. The Morgan fingerprint density at radius 2 is 1.39 bits per heavy atom. The average Bonchev–Trinajstić information content (AvgIpc) is 2.86. The number of esters is 4. The van der Waals surface area contributed by atoms with Crippen LogP contribution in [-0.4, -0.2) is 61.0 Å². The van der Waals surface area contributed by atoms with Gasteiger partial charge < -0.3 is 28.4 Å². The topological polar surface area (TPSA) is 124 Å². The lowest BCUT2D eigenvalue weighted by atomic mass is 9.89. The first kappa shape index (κ1) is 31.9. The normalized spacial score (nSPS) is 22.0. The lowest BCUT2D eigenvalue weighted by Gasteiger charge is -2.44. The maximum Gasteiger partial charge on any atom is 0.303 e. The first-order valence-corrected chi connectivity index (χ1v) is 13.6. The van der Waals surface area contributed by atoms with E-state index in [-0.39, 0.29) is 12.7 Å². The van der Waals surface area contributed by atoms with Crippen LogP contribution in [0.15, 0.2) is 42.5 Å². The molecule has 10 nitrogen and oxygen atoms in total. The van der Waals surface area contributed by atoms with Gasteiger partial charge in [0.25, 0.3) is 0 Å². The Labute approximate surface area is 244 Å². The molecule has 2 aromatic carbocycles. The fourth-order valence-corrected chi connectivity index (χ4v) is 4.77. The standard InChI is InChI=1S/C30H35ClO10/c1-16(2)37-24-10-7-21(8-11-24)13-23-14-22(9-12-25(23)31)27-29(39-19(5)34)30(40-20(6)35)28(38-18(4)33)26(41-27)15-36-17(3)32/h7-12,14,16,26-30H,13,15H2,1-6H3/t26-,27+,28-,29+,30?/m1/s1. The molecule has 5 atom stereocenters. The summed E-state index contributed by atoms with van der Waals surface area (Å²) >= 11 is 6.56. The van der Waals surface area contributed by atoms with Gasteiger partial charge in [-0.15, -0.1) is 0 Å². The molecule has 41 heavy (non-hydrogen) atoms. The smallest absolute Gasteiger partial charge is 0.303 e. The van der Waals surface area contributed by atoms with Gasteiger partial charge in [0.15, 0.2) is 18.3 Å². The molecule has 1 heterocycles. The Hall–Kier alpha value is -3.63. The minimum absolute atomic E-state index is 0.0496. The first-order valence-electron chi connectivity index (χ1n) is 13.2. The molecule has 0 N–H and O–H groups in total. The Balaban J connectivity index is 2.02. The molecule has 11 heteroatoms. The number of benzene rings is 2. The lowest BCUT2D eigenvalue weighted by Crippen LogP contribution is -2.59. The van der Waals surface area contributed by atoms with Crippen molar-refractivity contribution < 1.29 is 47.6 Å². The molecule has 1 aliphatic heterocycles. The van der Waals surface area contributed by atoms with Crippen molar-refractivity contribution in [3.05, 3.63) is 64.2 Å². The van der Waals surface area contributed by atoms with Gasteiger partial charge in [0.2, 0.25) is 0 Å². The van der Waals surface area contributed by atoms with E-state index in [1.165, 1.54) is 27.7 Å². The largest absolute Gasteiger partial charge is 0.491 e. The van der Waals surface area contributed by atoms with E-state index in [2.05, 4.69) is 0 Å². The number of rotatable bonds is 10. The minimum Gasteiger partial charge on any atom is -0.491 e. The molecule has 0 radical (unpaired) electrons. The van der Waals surface area contributed by atoms with Crippen LogP contribution in [-0.2, 0) is 49.3 Å². The van der Waals surface area contributed by atoms with Crippen molar-refractivity contribution in [2.75, 3.05) is 6.61 Å². The number of hydrogen-bond acceptors (Lipinski definition) is 10. The third-order valence-electron chi connectivity index (χ3n) is 6.08. The van der Waals surface area contributed by atoms with E-state index >= 15 is 0 Å². The van der Waals surface area contributed by atoms with Gasteiger partial charge in [0.1, 0.15) is 24.6 Å². The van der Waals surface area contributed by atoms with Crippen molar-refractivity contribution in [3.8, 4) is 5.75 Å². The predicted octanol–water partition coefficient (Wildman–Crippen LogP) is 4.52.